The first-order chi connectivity index (χ1) is 12.0. The van der Waals surface area contributed by atoms with Crippen molar-refractivity contribution in [2.45, 2.75) is 26.8 Å². The van der Waals surface area contributed by atoms with Gasteiger partial charge >= 0.3 is 0 Å². The minimum absolute atomic E-state index is 0.0221. The molecule has 4 rings (SSSR count). The Kier molecular flexibility index (Phi) is 3.75. The average molecular weight is 335 g/mol. The minimum atomic E-state index is 0.0221. The zero-order chi connectivity index (χ0) is 17.6. The molecular formula is C19H21N5O. The molecule has 0 bridgehead atoms. The third-order valence-electron chi connectivity index (χ3n) is 4.66. The Hall–Kier alpha value is -2.76. The maximum atomic E-state index is 12.3. The molecule has 0 saturated carbocycles. The number of fused-ring (bicyclic) bond motifs is 2. The number of carbonyl (C=O) groups excluding carboxylic acids is 1. The van der Waals surface area contributed by atoms with E-state index in [0.717, 1.165) is 46.4 Å². The first-order valence-corrected chi connectivity index (χ1v) is 8.57. The summed E-state index contributed by atoms with van der Waals surface area (Å²) in [5.74, 6) is 0.224. The summed E-state index contributed by atoms with van der Waals surface area (Å²) in [7, 11) is 1.90. The van der Waals surface area contributed by atoms with Gasteiger partial charge in [0, 0.05) is 67.1 Å². The Morgan fingerprint density at radius 2 is 2.04 bits per heavy atom. The normalized spacial score (nSPS) is 14.2. The van der Waals surface area contributed by atoms with E-state index in [1.807, 2.05) is 44.4 Å². The van der Waals surface area contributed by atoms with Crippen molar-refractivity contribution in [3.05, 3.63) is 42.0 Å². The van der Waals surface area contributed by atoms with Crippen LogP contribution in [-0.2, 0) is 24.8 Å². The molecule has 0 saturated heterocycles. The quantitative estimate of drug-likeness (QED) is 0.722. The molecule has 6 heteroatoms. The van der Waals surface area contributed by atoms with Crippen LogP contribution < -0.4 is 0 Å². The molecule has 1 amide bonds. The summed E-state index contributed by atoms with van der Waals surface area (Å²) in [5, 5.41) is 5.22. The molecule has 0 atom stereocenters. The zero-order valence-corrected chi connectivity index (χ0v) is 14.7. The molecule has 0 unspecified atom stereocenters. The minimum Gasteiger partial charge on any atom is -0.338 e. The van der Waals surface area contributed by atoms with Gasteiger partial charge in [-0.2, -0.15) is 5.10 Å². The summed E-state index contributed by atoms with van der Waals surface area (Å²) >= 11 is 0. The van der Waals surface area contributed by atoms with E-state index in [9.17, 15) is 4.79 Å². The second-order valence-electron chi connectivity index (χ2n) is 6.93. The fourth-order valence-electron chi connectivity index (χ4n) is 3.31. The molecule has 0 N–H and O–H groups in total. The van der Waals surface area contributed by atoms with Gasteiger partial charge in [-0.15, -0.1) is 0 Å². The van der Waals surface area contributed by atoms with Gasteiger partial charge in [0.2, 0.25) is 5.91 Å². The highest BCUT2D eigenvalue weighted by Gasteiger charge is 2.23. The molecule has 0 aromatic carbocycles. The number of amides is 1. The maximum absolute atomic E-state index is 12.3. The van der Waals surface area contributed by atoms with Crippen molar-refractivity contribution in [3.63, 3.8) is 0 Å². The summed E-state index contributed by atoms with van der Waals surface area (Å²) < 4.78 is 1.78. The summed E-state index contributed by atoms with van der Waals surface area (Å²) in [6.45, 7) is 5.25. The SMILES string of the molecule is CC(C)C(=O)N1CCc2nc3ncc(-c4cnn(C)c4)cc3cc2C1. The van der Waals surface area contributed by atoms with Gasteiger partial charge in [0.1, 0.15) is 0 Å². The molecule has 0 fully saturated rings. The van der Waals surface area contributed by atoms with Crippen molar-refractivity contribution in [1.29, 1.82) is 0 Å². The van der Waals surface area contributed by atoms with Crippen LogP contribution in [0.3, 0.4) is 0 Å². The number of hydrogen-bond acceptors (Lipinski definition) is 4. The first-order valence-electron chi connectivity index (χ1n) is 8.57. The Morgan fingerprint density at radius 1 is 1.20 bits per heavy atom. The Labute approximate surface area is 146 Å². The monoisotopic (exact) mass is 335 g/mol. The lowest BCUT2D eigenvalue weighted by atomic mass is 10.0. The molecule has 128 valence electrons. The van der Waals surface area contributed by atoms with Gasteiger partial charge in [-0.25, -0.2) is 9.97 Å². The fraction of sp³-hybridized carbons (Fsp3) is 0.368. The van der Waals surface area contributed by atoms with Crippen LogP contribution in [0, 0.1) is 5.92 Å². The van der Waals surface area contributed by atoms with Crippen molar-refractivity contribution in [1.82, 2.24) is 24.6 Å². The van der Waals surface area contributed by atoms with Gasteiger partial charge in [-0.3, -0.25) is 9.48 Å². The summed E-state index contributed by atoms with van der Waals surface area (Å²) in [4.78, 5) is 23.5. The van der Waals surface area contributed by atoms with E-state index in [4.69, 9.17) is 4.98 Å². The number of hydrogen-bond donors (Lipinski definition) is 0. The number of aromatic nitrogens is 4. The first kappa shape index (κ1) is 15.7. The van der Waals surface area contributed by atoms with Crippen molar-refractivity contribution in [2.24, 2.45) is 13.0 Å². The molecular weight excluding hydrogens is 314 g/mol. The number of nitrogens with zero attached hydrogens (tertiary/aromatic N) is 5. The lowest BCUT2D eigenvalue weighted by Gasteiger charge is -2.29. The molecule has 3 aromatic rings. The standard InChI is InChI=1S/C19H21N5O/c1-12(2)19(25)24-5-4-17-15(11-24)7-13-6-14(8-20-18(13)22-17)16-9-21-23(3)10-16/h6-10,12H,4-5,11H2,1-3H3. The van der Waals surface area contributed by atoms with Crippen LogP contribution in [0.2, 0.25) is 0 Å². The van der Waals surface area contributed by atoms with E-state index in [0.29, 0.717) is 6.54 Å². The van der Waals surface area contributed by atoms with Crippen molar-refractivity contribution < 1.29 is 4.79 Å². The molecule has 0 spiro atoms. The predicted molar refractivity (Wildman–Crippen MR) is 95.7 cm³/mol. The summed E-state index contributed by atoms with van der Waals surface area (Å²) in [5.41, 5.74) is 4.99. The van der Waals surface area contributed by atoms with E-state index in [2.05, 4.69) is 22.2 Å². The lowest BCUT2D eigenvalue weighted by Crippen LogP contribution is -2.38. The van der Waals surface area contributed by atoms with Crippen LogP contribution in [0.4, 0.5) is 0 Å². The molecule has 1 aliphatic rings. The van der Waals surface area contributed by atoms with E-state index in [-0.39, 0.29) is 11.8 Å². The van der Waals surface area contributed by atoms with Gasteiger partial charge in [-0.05, 0) is 17.7 Å². The summed E-state index contributed by atoms with van der Waals surface area (Å²) in [6.07, 6.45) is 6.43. The van der Waals surface area contributed by atoms with E-state index < -0.39 is 0 Å². The Balaban J connectivity index is 1.72. The topological polar surface area (TPSA) is 63.9 Å². The highest BCUT2D eigenvalue weighted by molar-refractivity contribution is 5.82. The zero-order valence-electron chi connectivity index (χ0n) is 14.7. The lowest BCUT2D eigenvalue weighted by molar-refractivity contribution is -0.135. The maximum Gasteiger partial charge on any atom is 0.225 e. The van der Waals surface area contributed by atoms with Crippen molar-refractivity contribution >= 4 is 16.9 Å². The molecule has 0 aliphatic carbocycles. The number of aryl methyl sites for hydroxylation is 1. The van der Waals surface area contributed by atoms with Crippen LogP contribution in [0.15, 0.2) is 30.7 Å². The molecule has 4 heterocycles. The van der Waals surface area contributed by atoms with E-state index in [1.54, 1.807) is 4.68 Å². The van der Waals surface area contributed by atoms with Gasteiger partial charge in [0.15, 0.2) is 5.65 Å². The smallest absolute Gasteiger partial charge is 0.225 e. The van der Waals surface area contributed by atoms with Crippen LogP contribution in [-0.4, -0.2) is 37.1 Å². The fourth-order valence-corrected chi connectivity index (χ4v) is 3.31. The predicted octanol–water partition coefficient (Wildman–Crippen LogP) is 2.57. The third-order valence-corrected chi connectivity index (χ3v) is 4.66. The third kappa shape index (κ3) is 2.88. The molecule has 3 aromatic heterocycles. The number of pyridine rings is 2. The summed E-state index contributed by atoms with van der Waals surface area (Å²) in [6, 6.07) is 4.22. The highest BCUT2D eigenvalue weighted by atomic mass is 16.2. The van der Waals surface area contributed by atoms with Crippen molar-refractivity contribution in [3.8, 4) is 11.1 Å². The average Bonchev–Trinajstić information content (AvgIpc) is 3.04. The molecule has 0 radical (unpaired) electrons. The van der Waals surface area contributed by atoms with Gasteiger partial charge in [0.25, 0.3) is 0 Å². The Bertz CT molecular complexity index is 960. The largest absolute Gasteiger partial charge is 0.338 e. The van der Waals surface area contributed by atoms with Crippen LogP contribution in [0.5, 0.6) is 0 Å². The molecule has 25 heavy (non-hydrogen) atoms. The highest BCUT2D eigenvalue weighted by Crippen LogP contribution is 2.26. The van der Waals surface area contributed by atoms with Crippen LogP contribution in [0.1, 0.15) is 25.1 Å². The van der Waals surface area contributed by atoms with E-state index >= 15 is 0 Å². The second kappa shape index (κ2) is 5.95. The van der Waals surface area contributed by atoms with E-state index in [1.165, 1.54) is 0 Å². The van der Waals surface area contributed by atoms with Gasteiger partial charge in [-0.1, -0.05) is 13.8 Å². The van der Waals surface area contributed by atoms with Gasteiger partial charge in [0.05, 0.1) is 6.20 Å². The van der Waals surface area contributed by atoms with Crippen LogP contribution >= 0.6 is 0 Å². The van der Waals surface area contributed by atoms with Gasteiger partial charge < -0.3 is 4.90 Å². The van der Waals surface area contributed by atoms with Crippen LogP contribution in [0.25, 0.3) is 22.2 Å². The number of carbonyl (C=O) groups is 1. The van der Waals surface area contributed by atoms with Crippen molar-refractivity contribution in [2.75, 3.05) is 6.54 Å². The molecule has 6 nitrogen and oxygen atoms in total. The second-order valence-corrected chi connectivity index (χ2v) is 6.93. The molecule has 1 aliphatic heterocycles. The Morgan fingerprint density at radius 3 is 2.76 bits per heavy atom. The number of rotatable bonds is 2.